The van der Waals surface area contributed by atoms with Crippen LogP contribution in [0.5, 0.6) is 0 Å². The molecule has 1 amide bonds. The van der Waals surface area contributed by atoms with Gasteiger partial charge in [-0.15, -0.1) is 0 Å². The predicted molar refractivity (Wildman–Crippen MR) is 83.8 cm³/mol. The number of sulfonamides is 1. The van der Waals surface area contributed by atoms with Crippen LogP contribution in [0.2, 0.25) is 0 Å². The molecule has 2 rings (SSSR count). The monoisotopic (exact) mass is 322 g/mol. The van der Waals surface area contributed by atoms with Gasteiger partial charge in [-0.05, 0) is 31.2 Å². The molecule has 0 fully saturated rings. The topological polar surface area (TPSA) is 79.6 Å². The van der Waals surface area contributed by atoms with Crippen molar-refractivity contribution in [2.24, 2.45) is 0 Å². The van der Waals surface area contributed by atoms with Crippen molar-refractivity contribution < 1.29 is 17.6 Å². The number of benzene rings is 1. The van der Waals surface area contributed by atoms with Gasteiger partial charge in [-0.3, -0.25) is 9.10 Å². The number of hydrogen-bond acceptors (Lipinski definition) is 4. The van der Waals surface area contributed by atoms with Crippen LogP contribution in [0.25, 0.3) is 0 Å². The zero-order valence-electron chi connectivity index (χ0n) is 12.4. The molecule has 6 nitrogen and oxygen atoms in total. The molecule has 2 aromatic rings. The van der Waals surface area contributed by atoms with E-state index in [0.29, 0.717) is 11.4 Å². The number of carbonyl (C=O) groups excluding carboxylic acids is 1. The number of anilines is 1. The van der Waals surface area contributed by atoms with Gasteiger partial charge in [-0.25, -0.2) is 8.42 Å². The minimum Gasteiger partial charge on any atom is -0.467 e. The molecule has 0 aliphatic rings. The van der Waals surface area contributed by atoms with Crippen LogP contribution < -0.4 is 9.62 Å². The fraction of sp³-hybridized carbons (Fsp3) is 0.267. The number of hydrogen-bond donors (Lipinski definition) is 1. The van der Waals surface area contributed by atoms with Gasteiger partial charge in [-0.1, -0.05) is 18.2 Å². The second-order valence-electron chi connectivity index (χ2n) is 4.87. The number of furan rings is 1. The van der Waals surface area contributed by atoms with Crippen molar-refractivity contribution >= 4 is 21.6 Å². The van der Waals surface area contributed by atoms with Gasteiger partial charge in [0.2, 0.25) is 15.9 Å². The van der Waals surface area contributed by atoms with E-state index in [1.165, 1.54) is 6.26 Å². The number of rotatable bonds is 6. The van der Waals surface area contributed by atoms with Gasteiger partial charge in [0.05, 0.1) is 24.8 Å². The highest BCUT2D eigenvalue weighted by atomic mass is 32.2. The largest absolute Gasteiger partial charge is 0.467 e. The van der Waals surface area contributed by atoms with E-state index in [1.54, 1.807) is 49.4 Å². The Morgan fingerprint density at radius 3 is 2.45 bits per heavy atom. The Morgan fingerprint density at radius 1 is 1.23 bits per heavy atom. The lowest BCUT2D eigenvalue weighted by molar-refractivity contribution is -0.122. The SMILES string of the molecule is CC(C(=O)NCc1ccco1)N(c1ccccc1)S(C)(=O)=O. The van der Waals surface area contributed by atoms with Gasteiger partial charge in [-0.2, -0.15) is 0 Å². The minimum absolute atomic E-state index is 0.211. The van der Waals surface area contributed by atoms with E-state index < -0.39 is 22.0 Å². The first-order chi connectivity index (χ1) is 10.4. The summed E-state index contributed by atoms with van der Waals surface area (Å²) in [7, 11) is -3.59. The fourth-order valence-electron chi connectivity index (χ4n) is 2.12. The summed E-state index contributed by atoms with van der Waals surface area (Å²) in [5.74, 6) is 0.205. The molecule has 0 spiro atoms. The molecule has 1 aromatic carbocycles. The van der Waals surface area contributed by atoms with Crippen molar-refractivity contribution in [2.45, 2.75) is 19.5 Å². The van der Waals surface area contributed by atoms with Gasteiger partial charge < -0.3 is 9.73 Å². The van der Waals surface area contributed by atoms with Crippen molar-refractivity contribution in [3.05, 3.63) is 54.5 Å². The zero-order valence-corrected chi connectivity index (χ0v) is 13.2. The maximum atomic E-state index is 12.2. The van der Waals surface area contributed by atoms with Crippen LogP contribution in [0.1, 0.15) is 12.7 Å². The first-order valence-electron chi connectivity index (χ1n) is 6.74. The molecule has 1 aromatic heterocycles. The highest BCUT2D eigenvalue weighted by molar-refractivity contribution is 7.92. The van der Waals surface area contributed by atoms with Crippen LogP contribution in [0.3, 0.4) is 0 Å². The average molecular weight is 322 g/mol. The lowest BCUT2D eigenvalue weighted by atomic mass is 10.2. The summed E-state index contributed by atoms with van der Waals surface area (Å²) in [6.45, 7) is 1.76. The van der Waals surface area contributed by atoms with Crippen molar-refractivity contribution in [3.8, 4) is 0 Å². The van der Waals surface area contributed by atoms with E-state index in [-0.39, 0.29) is 6.54 Å². The normalized spacial score (nSPS) is 12.6. The van der Waals surface area contributed by atoms with Gasteiger partial charge >= 0.3 is 0 Å². The Labute approximate surface area is 129 Å². The number of amides is 1. The smallest absolute Gasteiger partial charge is 0.243 e. The Bertz CT molecular complexity index is 711. The molecule has 1 N–H and O–H groups in total. The maximum Gasteiger partial charge on any atom is 0.243 e. The van der Waals surface area contributed by atoms with E-state index >= 15 is 0 Å². The summed E-state index contributed by atoms with van der Waals surface area (Å²) in [5, 5.41) is 2.67. The van der Waals surface area contributed by atoms with E-state index in [0.717, 1.165) is 10.6 Å². The van der Waals surface area contributed by atoms with Crippen molar-refractivity contribution in [1.29, 1.82) is 0 Å². The molecule has 118 valence electrons. The van der Waals surface area contributed by atoms with Crippen LogP contribution in [0, 0.1) is 0 Å². The van der Waals surface area contributed by atoms with E-state index in [2.05, 4.69) is 5.32 Å². The van der Waals surface area contributed by atoms with Crippen molar-refractivity contribution in [1.82, 2.24) is 5.32 Å². The quantitative estimate of drug-likeness (QED) is 0.879. The van der Waals surface area contributed by atoms with Crippen LogP contribution in [-0.4, -0.2) is 26.6 Å². The molecule has 0 saturated carbocycles. The van der Waals surface area contributed by atoms with Crippen LogP contribution >= 0.6 is 0 Å². The van der Waals surface area contributed by atoms with Crippen molar-refractivity contribution in [2.75, 3.05) is 10.6 Å². The highest BCUT2D eigenvalue weighted by Crippen LogP contribution is 2.20. The molecule has 7 heteroatoms. The lowest BCUT2D eigenvalue weighted by Gasteiger charge is -2.28. The van der Waals surface area contributed by atoms with Gasteiger partial charge in [0.1, 0.15) is 11.8 Å². The second kappa shape index (κ2) is 6.65. The summed E-state index contributed by atoms with van der Waals surface area (Å²) in [4.78, 5) is 12.2. The first-order valence-corrected chi connectivity index (χ1v) is 8.59. The molecule has 1 atom stereocenters. The van der Waals surface area contributed by atoms with Crippen LogP contribution in [0.4, 0.5) is 5.69 Å². The van der Waals surface area contributed by atoms with Crippen LogP contribution in [-0.2, 0) is 21.4 Å². The maximum absolute atomic E-state index is 12.2. The van der Waals surface area contributed by atoms with Crippen molar-refractivity contribution in [3.63, 3.8) is 0 Å². The second-order valence-corrected chi connectivity index (χ2v) is 6.73. The molecule has 1 unspecified atom stereocenters. The summed E-state index contributed by atoms with van der Waals surface area (Å²) in [6, 6.07) is 11.1. The van der Waals surface area contributed by atoms with E-state index in [1.807, 2.05) is 0 Å². The molecule has 0 saturated heterocycles. The molecule has 22 heavy (non-hydrogen) atoms. The summed E-state index contributed by atoms with van der Waals surface area (Å²) >= 11 is 0. The lowest BCUT2D eigenvalue weighted by Crippen LogP contribution is -2.47. The molecular weight excluding hydrogens is 304 g/mol. The summed E-state index contributed by atoms with van der Waals surface area (Å²) in [5.41, 5.74) is 0.450. The molecule has 1 heterocycles. The fourth-order valence-corrected chi connectivity index (χ4v) is 3.29. The van der Waals surface area contributed by atoms with Gasteiger partial charge in [0, 0.05) is 0 Å². The third-order valence-corrected chi connectivity index (χ3v) is 4.36. The zero-order chi connectivity index (χ0) is 16.2. The summed E-state index contributed by atoms with van der Waals surface area (Å²) in [6.07, 6.45) is 2.59. The number of carbonyl (C=O) groups is 1. The third kappa shape index (κ3) is 3.88. The number of para-hydroxylation sites is 1. The van der Waals surface area contributed by atoms with Gasteiger partial charge in [0.15, 0.2) is 0 Å². The Balaban J connectivity index is 2.15. The Hall–Kier alpha value is -2.28. The minimum atomic E-state index is -3.59. The molecule has 0 bridgehead atoms. The molecule has 0 aliphatic carbocycles. The molecule has 0 aliphatic heterocycles. The summed E-state index contributed by atoms with van der Waals surface area (Å²) < 4.78 is 30.3. The van der Waals surface area contributed by atoms with E-state index in [9.17, 15) is 13.2 Å². The van der Waals surface area contributed by atoms with E-state index in [4.69, 9.17) is 4.42 Å². The number of nitrogens with one attached hydrogen (secondary N) is 1. The number of nitrogens with zero attached hydrogens (tertiary/aromatic N) is 1. The average Bonchev–Trinajstić information content (AvgIpc) is 2.97. The third-order valence-electron chi connectivity index (χ3n) is 3.12. The highest BCUT2D eigenvalue weighted by Gasteiger charge is 2.28. The Kier molecular flexibility index (Phi) is 4.87. The van der Waals surface area contributed by atoms with Crippen LogP contribution in [0.15, 0.2) is 53.1 Å². The first kappa shape index (κ1) is 16.1. The predicted octanol–water partition coefficient (Wildman–Crippen LogP) is 1.75. The molecule has 0 radical (unpaired) electrons. The van der Waals surface area contributed by atoms with Gasteiger partial charge in [0.25, 0.3) is 0 Å². The Morgan fingerprint density at radius 2 is 1.91 bits per heavy atom. The standard InChI is InChI=1S/C15H18N2O4S/c1-12(15(18)16-11-14-9-6-10-21-14)17(22(2,19)20)13-7-4-3-5-8-13/h3-10,12H,11H2,1-2H3,(H,16,18). The molecular formula is C15H18N2O4S.